The first-order valence-corrected chi connectivity index (χ1v) is 4.91. The van der Waals surface area contributed by atoms with Crippen LogP contribution in [0.5, 0.6) is 0 Å². The van der Waals surface area contributed by atoms with E-state index in [4.69, 9.17) is 0 Å². The van der Waals surface area contributed by atoms with Gasteiger partial charge in [-0.15, -0.1) is 0 Å². The third-order valence-corrected chi connectivity index (χ3v) is 2.74. The van der Waals surface area contributed by atoms with E-state index in [1.807, 2.05) is 6.08 Å². The largest absolute Gasteiger partial charge is 0.328 e. The lowest BCUT2D eigenvalue weighted by molar-refractivity contribution is -0.910. The molecule has 1 unspecified atom stereocenters. The standard InChI is InChI=1S/C12H15N/c1-2-8-13-9-7-11-5-3-4-6-12(11)10-13/h2-6H,1,7-10H2/p+1. The predicted molar refractivity (Wildman–Crippen MR) is 54.7 cm³/mol. The minimum absolute atomic E-state index is 1.09. The second-order valence-corrected chi connectivity index (χ2v) is 3.69. The van der Waals surface area contributed by atoms with E-state index in [0.717, 1.165) is 6.54 Å². The maximum atomic E-state index is 3.79. The van der Waals surface area contributed by atoms with Gasteiger partial charge < -0.3 is 4.90 Å². The normalized spacial score (nSPS) is 20.8. The van der Waals surface area contributed by atoms with Crippen LogP contribution in [0.25, 0.3) is 0 Å². The lowest BCUT2D eigenvalue weighted by atomic mass is 10.0. The first kappa shape index (κ1) is 8.52. The zero-order valence-corrected chi connectivity index (χ0v) is 7.92. The van der Waals surface area contributed by atoms with Gasteiger partial charge >= 0.3 is 0 Å². The summed E-state index contributed by atoms with van der Waals surface area (Å²) in [6.45, 7) is 7.30. The Kier molecular flexibility index (Phi) is 2.46. The van der Waals surface area contributed by atoms with E-state index in [1.165, 1.54) is 30.6 Å². The lowest BCUT2D eigenvalue weighted by Crippen LogP contribution is -3.11. The summed E-state index contributed by atoms with van der Waals surface area (Å²) in [7, 11) is 0. The van der Waals surface area contributed by atoms with E-state index < -0.39 is 0 Å². The first-order valence-electron chi connectivity index (χ1n) is 4.91. The van der Waals surface area contributed by atoms with Crippen molar-refractivity contribution in [2.45, 2.75) is 13.0 Å². The van der Waals surface area contributed by atoms with Crippen molar-refractivity contribution in [3.63, 3.8) is 0 Å². The lowest BCUT2D eigenvalue weighted by Gasteiger charge is -2.24. The SMILES string of the molecule is C=CC[NH+]1CCc2ccccc2C1. The number of quaternary nitrogens is 1. The zero-order valence-electron chi connectivity index (χ0n) is 7.92. The number of fused-ring (bicyclic) bond motifs is 1. The van der Waals surface area contributed by atoms with Crippen LogP contribution in [0.15, 0.2) is 36.9 Å². The molecule has 0 saturated heterocycles. The fourth-order valence-corrected chi connectivity index (χ4v) is 2.02. The predicted octanol–water partition coefficient (Wildman–Crippen LogP) is 0.814. The molecule has 0 aliphatic carbocycles. The van der Waals surface area contributed by atoms with Gasteiger partial charge in [0.1, 0.15) is 6.54 Å². The van der Waals surface area contributed by atoms with Gasteiger partial charge in [-0.05, 0) is 11.6 Å². The molecule has 0 bridgehead atoms. The summed E-state index contributed by atoms with van der Waals surface area (Å²) < 4.78 is 0. The third kappa shape index (κ3) is 1.81. The number of nitrogens with one attached hydrogen (secondary N) is 1. The quantitative estimate of drug-likeness (QED) is 0.633. The Labute approximate surface area is 79.7 Å². The molecule has 1 heterocycles. The average molecular weight is 174 g/mol. The molecule has 2 rings (SSSR count). The molecule has 68 valence electrons. The molecule has 1 nitrogen and oxygen atoms in total. The van der Waals surface area contributed by atoms with Crippen LogP contribution in [-0.2, 0) is 13.0 Å². The minimum atomic E-state index is 1.09. The molecule has 0 radical (unpaired) electrons. The molecule has 13 heavy (non-hydrogen) atoms. The summed E-state index contributed by atoms with van der Waals surface area (Å²) in [5.41, 5.74) is 3.06. The Hall–Kier alpha value is -1.08. The fourth-order valence-electron chi connectivity index (χ4n) is 2.02. The summed E-state index contributed by atoms with van der Waals surface area (Å²) in [5, 5.41) is 0. The average Bonchev–Trinajstić information content (AvgIpc) is 2.18. The topological polar surface area (TPSA) is 4.44 Å². The monoisotopic (exact) mass is 174 g/mol. The first-order chi connectivity index (χ1) is 6.40. The van der Waals surface area contributed by atoms with Crippen molar-refractivity contribution in [3.05, 3.63) is 48.0 Å². The smallest absolute Gasteiger partial charge is 0.103 e. The van der Waals surface area contributed by atoms with Crippen LogP contribution in [0, 0.1) is 0 Å². The summed E-state index contributed by atoms with van der Waals surface area (Å²) >= 11 is 0. The van der Waals surface area contributed by atoms with Crippen LogP contribution in [0.3, 0.4) is 0 Å². The number of hydrogen-bond donors (Lipinski definition) is 1. The van der Waals surface area contributed by atoms with Crippen molar-refractivity contribution in [2.75, 3.05) is 13.1 Å². The van der Waals surface area contributed by atoms with Crippen molar-refractivity contribution >= 4 is 0 Å². The summed E-state index contributed by atoms with van der Waals surface area (Å²) in [4.78, 5) is 1.63. The highest BCUT2D eigenvalue weighted by Crippen LogP contribution is 2.09. The molecule has 0 spiro atoms. The van der Waals surface area contributed by atoms with Crippen molar-refractivity contribution in [2.24, 2.45) is 0 Å². The van der Waals surface area contributed by atoms with E-state index in [2.05, 4.69) is 30.8 Å². The van der Waals surface area contributed by atoms with Gasteiger partial charge in [0, 0.05) is 12.0 Å². The van der Waals surface area contributed by atoms with Gasteiger partial charge in [0.05, 0.1) is 13.1 Å². The van der Waals surface area contributed by atoms with Gasteiger partial charge in [-0.1, -0.05) is 30.8 Å². The van der Waals surface area contributed by atoms with Crippen molar-refractivity contribution in [3.8, 4) is 0 Å². The number of benzene rings is 1. The van der Waals surface area contributed by atoms with E-state index in [-0.39, 0.29) is 0 Å². The zero-order chi connectivity index (χ0) is 9.10. The Morgan fingerprint density at radius 3 is 2.85 bits per heavy atom. The molecule has 0 saturated carbocycles. The summed E-state index contributed by atoms with van der Waals surface area (Å²) in [6, 6.07) is 8.77. The summed E-state index contributed by atoms with van der Waals surface area (Å²) in [5.74, 6) is 0. The van der Waals surface area contributed by atoms with E-state index in [9.17, 15) is 0 Å². The fraction of sp³-hybridized carbons (Fsp3) is 0.333. The molecule has 0 amide bonds. The summed E-state index contributed by atoms with van der Waals surface area (Å²) in [6.07, 6.45) is 3.24. The maximum absolute atomic E-state index is 3.79. The van der Waals surface area contributed by atoms with Gasteiger partial charge in [0.15, 0.2) is 0 Å². The highest BCUT2D eigenvalue weighted by Gasteiger charge is 2.16. The van der Waals surface area contributed by atoms with Gasteiger partial charge in [0.2, 0.25) is 0 Å². The Morgan fingerprint density at radius 1 is 1.31 bits per heavy atom. The van der Waals surface area contributed by atoms with Gasteiger partial charge in [-0.2, -0.15) is 0 Å². The second-order valence-electron chi connectivity index (χ2n) is 3.69. The van der Waals surface area contributed by atoms with Gasteiger partial charge in [-0.3, -0.25) is 0 Å². The third-order valence-electron chi connectivity index (χ3n) is 2.74. The molecule has 1 aromatic rings. The molecule has 1 heteroatoms. The van der Waals surface area contributed by atoms with Crippen LogP contribution >= 0.6 is 0 Å². The van der Waals surface area contributed by atoms with Crippen LogP contribution < -0.4 is 4.90 Å². The molecular formula is C12H16N+. The van der Waals surface area contributed by atoms with E-state index >= 15 is 0 Å². The van der Waals surface area contributed by atoms with Crippen LogP contribution in [0.1, 0.15) is 11.1 Å². The molecule has 1 N–H and O–H groups in total. The highest BCUT2D eigenvalue weighted by molar-refractivity contribution is 5.27. The van der Waals surface area contributed by atoms with E-state index in [0.29, 0.717) is 0 Å². The van der Waals surface area contributed by atoms with Gasteiger partial charge in [-0.25, -0.2) is 0 Å². The Morgan fingerprint density at radius 2 is 2.08 bits per heavy atom. The molecule has 1 aromatic carbocycles. The van der Waals surface area contributed by atoms with Crippen LogP contribution in [-0.4, -0.2) is 13.1 Å². The molecule has 1 atom stereocenters. The minimum Gasteiger partial charge on any atom is -0.328 e. The maximum Gasteiger partial charge on any atom is 0.103 e. The molecule has 0 fully saturated rings. The van der Waals surface area contributed by atoms with Crippen molar-refractivity contribution in [1.29, 1.82) is 0 Å². The number of hydrogen-bond acceptors (Lipinski definition) is 0. The molecular weight excluding hydrogens is 158 g/mol. The molecule has 1 aliphatic heterocycles. The highest BCUT2D eigenvalue weighted by atomic mass is 15.1. The Bertz CT molecular complexity index is 304. The van der Waals surface area contributed by atoms with Crippen LogP contribution in [0.2, 0.25) is 0 Å². The van der Waals surface area contributed by atoms with Crippen LogP contribution in [0.4, 0.5) is 0 Å². The number of rotatable bonds is 2. The Balaban J connectivity index is 2.15. The second kappa shape index (κ2) is 3.75. The van der Waals surface area contributed by atoms with Crippen molar-refractivity contribution < 1.29 is 4.90 Å². The van der Waals surface area contributed by atoms with E-state index in [1.54, 1.807) is 4.90 Å². The molecule has 0 aromatic heterocycles. The molecule has 1 aliphatic rings. The van der Waals surface area contributed by atoms with Crippen molar-refractivity contribution in [1.82, 2.24) is 0 Å². The van der Waals surface area contributed by atoms with Gasteiger partial charge in [0.25, 0.3) is 0 Å².